The third kappa shape index (κ3) is 2.34. The van der Waals surface area contributed by atoms with E-state index in [2.05, 4.69) is 0 Å². The van der Waals surface area contributed by atoms with Crippen molar-refractivity contribution in [2.24, 2.45) is 0 Å². The summed E-state index contributed by atoms with van der Waals surface area (Å²) in [7, 11) is 0. The quantitative estimate of drug-likeness (QED) is 0.308. The van der Waals surface area contributed by atoms with E-state index >= 15 is 0 Å². The lowest BCUT2D eigenvalue weighted by Crippen LogP contribution is -2.18. The Balaban J connectivity index is 2.24. The highest BCUT2D eigenvalue weighted by Gasteiger charge is 2.22. The van der Waals surface area contributed by atoms with Gasteiger partial charge in [0, 0.05) is 10.8 Å². The molecule has 0 saturated heterocycles. The van der Waals surface area contributed by atoms with E-state index in [1.54, 1.807) is 12.1 Å². The van der Waals surface area contributed by atoms with Crippen LogP contribution in [0.1, 0.15) is 26.3 Å². The number of phenolic OH excluding ortho intramolecular Hbond substituents is 2. The molecule has 5 rings (SSSR count). The van der Waals surface area contributed by atoms with E-state index in [0.29, 0.717) is 38.1 Å². The second kappa shape index (κ2) is 5.47. The number of aromatic nitrogens is 1. The molecule has 0 fully saturated rings. The zero-order valence-electron chi connectivity index (χ0n) is 16.3. The fourth-order valence-corrected chi connectivity index (χ4v) is 4.12. The Morgan fingerprint density at radius 2 is 1.14 bits per heavy atom. The lowest BCUT2D eigenvalue weighted by Gasteiger charge is -2.22. The van der Waals surface area contributed by atoms with Gasteiger partial charge in [-0.1, -0.05) is 20.8 Å². The summed E-state index contributed by atoms with van der Waals surface area (Å²) in [6.07, 6.45) is 0. The van der Waals surface area contributed by atoms with Crippen LogP contribution in [0.2, 0.25) is 0 Å². The maximum atomic E-state index is 13.4. The van der Waals surface area contributed by atoms with Gasteiger partial charge in [0.15, 0.2) is 10.9 Å². The number of hydrogen-bond donors (Lipinski definition) is 2. The highest BCUT2D eigenvalue weighted by Crippen LogP contribution is 2.33. The summed E-state index contributed by atoms with van der Waals surface area (Å²) in [6.45, 7) is 6.08. The van der Waals surface area contributed by atoms with Crippen LogP contribution in [-0.4, -0.2) is 14.6 Å². The Labute approximate surface area is 165 Å². The number of rotatable bonds is 0. The van der Waals surface area contributed by atoms with Gasteiger partial charge in [-0.15, -0.1) is 0 Å². The number of fused-ring (bicyclic) bond motifs is 4. The number of hydrogen-bond acceptors (Lipinski definition) is 4. The lowest BCUT2D eigenvalue weighted by atomic mass is 9.85. The molecule has 0 amide bonds. The van der Waals surface area contributed by atoms with Crippen molar-refractivity contribution in [1.29, 1.82) is 0 Å². The summed E-state index contributed by atoms with van der Waals surface area (Å²) in [5.74, 6) is 0.0125. The van der Waals surface area contributed by atoms with Crippen molar-refractivity contribution in [3.05, 3.63) is 74.5 Å². The third-order valence-corrected chi connectivity index (χ3v) is 5.62. The molecule has 2 heterocycles. The molecule has 0 aliphatic rings. The lowest BCUT2D eigenvalue weighted by molar-refractivity contribution is 0.475. The summed E-state index contributed by atoms with van der Waals surface area (Å²) < 4.78 is 1.88. The zero-order chi connectivity index (χ0) is 20.7. The van der Waals surface area contributed by atoms with Crippen LogP contribution in [0, 0.1) is 0 Å². The Hall–Kier alpha value is -3.60. The minimum absolute atomic E-state index is 0.00626. The summed E-state index contributed by atoms with van der Waals surface area (Å²) in [5, 5.41) is 21.6. The van der Waals surface area contributed by atoms with Crippen LogP contribution >= 0.6 is 0 Å². The van der Waals surface area contributed by atoms with Crippen molar-refractivity contribution in [1.82, 2.24) is 4.40 Å². The largest absolute Gasteiger partial charge is 0.508 e. The van der Waals surface area contributed by atoms with Gasteiger partial charge in [0.25, 0.3) is 0 Å². The molecule has 29 heavy (non-hydrogen) atoms. The van der Waals surface area contributed by atoms with Crippen molar-refractivity contribution < 1.29 is 10.2 Å². The molecule has 144 valence electrons. The summed E-state index contributed by atoms with van der Waals surface area (Å²) in [5.41, 5.74) is 1.93. The average Bonchev–Trinajstić information content (AvgIpc) is 2.67. The molecule has 0 bridgehead atoms. The summed E-state index contributed by atoms with van der Waals surface area (Å²) in [4.78, 5) is 26.7. The first-order valence-corrected chi connectivity index (χ1v) is 9.41. The Morgan fingerprint density at radius 1 is 0.690 bits per heavy atom. The highest BCUT2D eigenvalue weighted by molar-refractivity contribution is 6.08. The molecule has 0 atom stereocenters. The number of aromatic hydroxyl groups is 2. The highest BCUT2D eigenvalue weighted by atomic mass is 16.3. The molecule has 0 unspecified atom stereocenters. The van der Waals surface area contributed by atoms with Gasteiger partial charge in [0.1, 0.15) is 11.5 Å². The normalized spacial score (nSPS) is 12.5. The average molecular weight is 385 g/mol. The number of pyridine rings is 2. The fourth-order valence-electron chi connectivity index (χ4n) is 4.12. The molecule has 0 aliphatic heterocycles. The van der Waals surface area contributed by atoms with Crippen molar-refractivity contribution in [2.75, 3.05) is 0 Å². The van der Waals surface area contributed by atoms with Crippen LogP contribution in [0.3, 0.4) is 0 Å². The second-order valence-corrected chi connectivity index (χ2v) is 8.57. The molecule has 0 radical (unpaired) electrons. The molecule has 0 spiro atoms. The molecule has 0 aliphatic carbocycles. The van der Waals surface area contributed by atoms with E-state index in [9.17, 15) is 19.8 Å². The first kappa shape index (κ1) is 17.5. The number of phenols is 2. The van der Waals surface area contributed by atoms with Crippen molar-refractivity contribution in [3.8, 4) is 11.5 Å². The van der Waals surface area contributed by atoms with Gasteiger partial charge in [-0.2, -0.15) is 0 Å². The molecular weight excluding hydrogens is 366 g/mol. The van der Waals surface area contributed by atoms with Crippen LogP contribution in [0.5, 0.6) is 11.5 Å². The van der Waals surface area contributed by atoms with Gasteiger partial charge in [-0.25, -0.2) is 0 Å². The van der Waals surface area contributed by atoms with Crippen LogP contribution in [-0.2, 0) is 5.41 Å². The van der Waals surface area contributed by atoms with E-state index in [4.69, 9.17) is 0 Å². The molecule has 5 heteroatoms. The standard InChI is InChI=1S/C24H19NO4/c1-24(2,3)12-8-17-21-18(9-12)23(29)16-11-14(27)5-7-20(16)25(21)19-6-4-13(26)10-15(19)22(17)28/h4-11,26-27H,1-3H3. The van der Waals surface area contributed by atoms with Crippen LogP contribution in [0.15, 0.2) is 58.1 Å². The SMILES string of the molecule is CC(C)(C)c1cc2c(=O)c3cc(O)ccc3n3c4ccc(O)cc4c(=O)c(c1)c23. The third-order valence-electron chi connectivity index (χ3n) is 5.62. The Morgan fingerprint density at radius 3 is 1.55 bits per heavy atom. The summed E-state index contributed by atoms with van der Waals surface area (Å²) >= 11 is 0. The van der Waals surface area contributed by atoms with E-state index in [0.717, 1.165) is 5.56 Å². The number of nitrogens with zero attached hydrogens (tertiary/aromatic N) is 1. The zero-order valence-corrected chi connectivity index (χ0v) is 16.3. The van der Waals surface area contributed by atoms with Gasteiger partial charge >= 0.3 is 0 Å². The first-order valence-electron chi connectivity index (χ1n) is 9.41. The maximum Gasteiger partial charge on any atom is 0.197 e. The van der Waals surface area contributed by atoms with E-state index in [1.165, 1.54) is 24.3 Å². The van der Waals surface area contributed by atoms with Gasteiger partial charge in [-0.05, 0) is 59.5 Å². The van der Waals surface area contributed by atoms with Gasteiger partial charge < -0.3 is 14.6 Å². The minimum Gasteiger partial charge on any atom is -0.508 e. The van der Waals surface area contributed by atoms with Crippen molar-refractivity contribution in [3.63, 3.8) is 0 Å². The fraction of sp³-hybridized carbons (Fsp3) is 0.167. The smallest absolute Gasteiger partial charge is 0.197 e. The second-order valence-electron chi connectivity index (χ2n) is 8.57. The minimum atomic E-state index is -0.269. The van der Waals surface area contributed by atoms with E-state index in [-0.39, 0.29) is 27.8 Å². The molecular formula is C24H19NO4. The van der Waals surface area contributed by atoms with Crippen LogP contribution in [0.4, 0.5) is 0 Å². The monoisotopic (exact) mass is 385 g/mol. The first-order chi connectivity index (χ1) is 13.7. The molecule has 5 nitrogen and oxygen atoms in total. The van der Waals surface area contributed by atoms with E-state index < -0.39 is 0 Å². The Bertz CT molecular complexity index is 1480. The predicted octanol–water partition coefficient (Wildman–Crippen LogP) is 4.27. The van der Waals surface area contributed by atoms with Crippen molar-refractivity contribution in [2.45, 2.75) is 26.2 Å². The van der Waals surface area contributed by atoms with Gasteiger partial charge in [-0.3, -0.25) is 9.59 Å². The van der Waals surface area contributed by atoms with Gasteiger partial charge in [0.2, 0.25) is 0 Å². The van der Waals surface area contributed by atoms with E-state index in [1.807, 2.05) is 37.3 Å². The summed E-state index contributed by atoms with van der Waals surface area (Å²) in [6, 6.07) is 13.0. The van der Waals surface area contributed by atoms with Crippen LogP contribution < -0.4 is 10.9 Å². The molecule has 2 N–H and O–H groups in total. The molecule has 2 aromatic heterocycles. The topological polar surface area (TPSA) is 79.0 Å². The Kier molecular flexibility index (Phi) is 3.30. The molecule has 5 aromatic rings. The van der Waals surface area contributed by atoms with Gasteiger partial charge in [0.05, 0.1) is 27.3 Å². The number of benzene rings is 3. The molecule has 0 saturated carbocycles. The van der Waals surface area contributed by atoms with Crippen molar-refractivity contribution >= 4 is 38.1 Å². The maximum absolute atomic E-state index is 13.4. The predicted molar refractivity (Wildman–Crippen MR) is 116 cm³/mol. The molecule has 3 aromatic carbocycles. The van der Waals surface area contributed by atoms with Crippen LogP contribution in [0.25, 0.3) is 38.1 Å².